The van der Waals surface area contributed by atoms with E-state index in [2.05, 4.69) is 20.7 Å². The second kappa shape index (κ2) is 6.02. The molecule has 3 rings (SSSR count). The zero-order valence-corrected chi connectivity index (χ0v) is 12.8. The second-order valence-corrected chi connectivity index (χ2v) is 6.02. The van der Waals surface area contributed by atoms with Crippen LogP contribution >= 0.6 is 0 Å². The highest BCUT2D eigenvalue weighted by Gasteiger charge is 2.25. The lowest BCUT2D eigenvalue weighted by atomic mass is 10.1. The fourth-order valence-electron chi connectivity index (χ4n) is 2.70. The summed E-state index contributed by atoms with van der Waals surface area (Å²) in [6, 6.07) is 2.02. The van der Waals surface area contributed by atoms with Crippen LogP contribution in [0.15, 0.2) is 18.5 Å². The SMILES string of the molecule is CC(C)n1ncc2cc(C(=O)NCC3CNCC3O)cnc21. The van der Waals surface area contributed by atoms with Gasteiger partial charge in [0, 0.05) is 43.2 Å². The highest BCUT2D eigenvalue weighted by molar-refractivity contribution is 5.96. The van der Waals surface area contributed by atoms with Gasteiger partial charge in [-0.05, 0) is 19.9 Å². The van der Waals surface area contributed by atoms with Crippen LogP contribution in [0.2, 0.25) is 0 Å². The van der Waals surface area contributed by atoms with Crippen molar-refractivity contribution in [3.8, 4) is 0 Å². The fraction of sp³-hybridized carbons (Fsp3) is 0.533. The van der Waals surface area contributed by atoms with Crippen LogP contribution in [-0.4, -0.2) is 51.5 Å². The van der Waals surface area contributed by atoms with Crippen LogP contribution in [0.5, 0.6) is 0 Å². The van der Waals surface area contributed by atoms with E-state index in [0.717, 1.165) is 17.6 Å². The average Bonchev–Trinajstić information content (AvgIpc) is 3.10. The number of pyridine rings is 1. The van der Waals surface area contributed by atoms with Gasteiger partial charge in [0.25, 0.3) is 5.91 Å². The zero-order chi connectivity index (χ0) is 15.7. The summed E-state index contributed by atoms with van der Waals surface area (Å²) in [5, 5.41) is 20.8. The number of nitrogens with zero attached hydrogens (tertiary/aromatic N) is 3. The van der Waals surface area contributed by atoms with Crippen molar-refractivity contribution in [2.24, 2.45) is 5.92 Å². The van der Waals surface area contributed by atoms with E-state index >= 15 is 0 Å². The maximum Gasteiger partial charge on any atom is 0.252 e. The predicted molar refractivity (Wildman–Crippen MR) is 82.6 cm³/mol. The van der Waals surface area contributed by atoms with Crippen molar-refractivity contribution in [2.75, 3.05) is 19.6 Å². The summed E-state index contributed by atoms with van der Waals surface area (Å²) in [6.45, 7) is 5.84. The molecule has 1 fully saturated rings. The molecule has 0 radical (unpaired) electrons. The first kappa shape index (κ1) is 14.9. The van der Waals surface area contributed by atoms with Gasteiger partial charge in [0.1, 0.15) is 0 Å². The third-order valence-electron chi connectivity index (χ3n) is 4.01. The molecule has 1 saturated heterocycles. The molecule has 2 aromatic heterocycles. The molecule has 22 heavy (non-hydrogen) atoms. The monoisotopic (exact) mass is 303 g/mol. The van der Waals surface area contributed by atoms with Crippen molar-refractivity contribution >= 4 is 16.9 Å². The molecule has 2 atom stereocenters. The Morgan fingerprint density at radius 3 is 3.00 bits per heavy atom. The van der Waals surface area contributed by atoms with E-state index in [1.807, 2.05) is 18.5 Å². The molecule has 7 heteroatoms. The second-order valence-electron chi connectivity index (χ2n) is 6.02. The maximum absolute atomic E-state index is 12.2. The Morgan fingerprint density at radius 1 is 1.50 bits per heavy atom. The van der Waals surface area contributed by atoms with Crippen LogP contribution in [0.1, 0.15) is 30.2 Å². The number of rotatable bonds is 4. The summed E-state index contributed by atoms with van der Waals surface area (Å²) < 4.78 is 1.83. The number of carbonyl (C=O) groups is 1. The molecule has 1 amide bonds. The molecular formula is C15H21N5O2. The summed E-state index contributed by atoms with van der Waals surface area (Å²) in [4.78, 5) is 16.6. The maximum atomic E-state index is 12.2. The van der Waals surface area contributed by atoms with Crippen molar-refractivity contribution in [3.05, 3.63) is 24.0 Å². The van der Waals surface area contributed by atoms with Crippen LogP contribution < -0.4 is 10.6 Å². The first-order valence-corrected chi connectivity index (χ1v) is 7.56. The third kappa shape index (κ3) is 2.82. The number of aliphatic hydroxyl groups is 1. The van der Waals surface area contributed by atoms with Gasteiger partial charge in [0.2, 0.25) is 0 Å². The van der Waals surface area contributed by atoms with Gasteiger partial charge in [-0.2, -0.15) is 5.10 Å². The number of fused-ring (bicyclic) bond motifs is 1. The molecule has 0 saturated carbocycles. The molecule has 0 aromatic carbocycles. The first-order chi connectivity index (χ1) is 10.6. The molecule has 3 N–H and O–H groups in total. The lowest BCUT2D eigenvalue weighted by Crippen LogP contribution is -2.34. The fourth-order valence-corrected chi connectivity index (χ4v) is 2.70. The molecule has 118 valence electrons. The van der Waals surface area contributed by atoms with E-state index in [1.165, 1.54) is 0 Å². The Morgan fingerprint density at radius 2 is 2.32 bits per heavy atom. The van der Waals surface area contributed by atoms with Gasteiger partial charge < -0.3 is 15.7 Å². The van der Waals surface area contributed by atoms with Gasteiger partial charge >= 0.3 is 0 Å². The van der Waals surface area contributed by atoms with Crippen LogP contribution in [0.25, 0.3) is 11.0 Å². The molecule has 0 bridgehead atoms. The Labute approximate surface area is 128 Å². The van der Waals surface area contributed by atoms with Crippen molar-refractivity contribution in [2.45, 2.75) is 26.0 Å². The summed E-state index contributed by atoms with van der Waals surface area (Å²) in [5.74, 6) is -0.116. The van der Waals surface area contributed by atoms with Gasteiger partial charge in [-0.25, -0.2) is 9.67 Å². The Balaban J connectivity index is 1.71. The van der Waals surface area contributed by atoms with E-state index in [1.54, 1.807) is 18.5 Å². The van der Waals surface area contributed by atoms with E-state index < -0.39 is 6.10 Å². The summed E-state index contributed by atoms with van der Waals surface area (Å²) in [6.07, 6.45) is 2.90. The molecule has 3 heterocycles. The minimum Gasteiger partial charge on any atom is -0.391 e. The number of aliphatic hydroxyl groups excluding tert-OH is 1. The molecule has 1 aliphatic heterocycles. The number of carbonyl (C=O) groups excluding carboxylic acids is 1. The minimum atomic E-state index is -0.398. The lowest BCUT2D eigenvalue weighted by Gasteiger charge is -2.14. The van der Waals surface area contributed by atoms with Crippen LogP contribution in [0, 0.1) is 5.92 Å². The molecule has 1 aliphatic rings. The number of aromatic nitrogens is 3. The van der Waals surface area contributed by atoms with Crippen molar-refractivity contribution in [1.82, 2.24) is 25.4 Å². The quantitative estimate of drug-likeness (QED) is 0.756. The van der Waals surface area contributed by atoms with E-state index in [4.69, 9.17) is 0 Å². The number of hydrogen-bond acceptors (Lipinski definition) is 5. The standard InChI is InChI=1S/C15H21N5O2/c1-9(2)20-14-10(7-19-20)3-11(5-17-14)15(22)18-6-12-4-16-8-13(12)21/h3,5,7,9,12-13,16,21H,4,6,8H2,1-2H3,(H,18,22). The summed E-state index contributed by atoms with van der Waals surface area (Å²) in [5.41, 5.74) is 1.29. The molecule has 2 aromatic rings. The number of hydrogen-bond donors (Lipinski definition) is 3. The van der Waals surface area contributed by atoms with Crippen molar-refractivity contribution in [3.63, 3.8) is 0 Å². The molecule has 7 nitrogen and oxygen atoms in total. The lowest BCUT2D eigenvalue weighted by molar-refractivity contribution is 0.0927. The summed E-state index contributed by atoms with van der Waals surface area (Å²) >= 11 is 0. The molecular weight excluding hydrogens is 282 g/mol. The highest BCUT2D eigenvalue weighted by Crippen LogP contribution is 2.16. The smallest absolute Gasteiger partial charge is 0.252 e. The van der Waals surface area contributed by atoms with Crippen LogP contribution in [-0.2, 0) is 0 Å². The number of nitrogens with one attached hydrogen (secondary N) is 2. The van der Waals surface area contributed by atoms with E-state index in [9.17, 15) is 9.90 Å². The predicted octanol–water partition coefficient (Wildman–Crippen LogP) is 0.322. The molecule has 0 aliphatic carbocycles. The average molecular weight is 303 g/mol. The van der Waals surface area contributed by atoms with Gasteiger partial charge in [-0.15, -0.1) is 0 Å². The van der Waals surface area contributed by atoms with Gasteiger partial charge in [0.05, 0.1) is 17.9 Å². The van der Waals surface area contributed by atoms with E-state index in [-0.39, 0.29) is 17.9 Å². The Bertz CT molecular complexity index is 682. The zero-order valence-electron chi connectivity index (χ0n) is 12.8. The Kier molecular flexibility index (Phi) is 4.08. The van der Waals surface area contributed by atoms with Gasteiger partial charge in [-0.3, -0.25) is 4.79 Å². The van der Waals surface area contributed by atoms with Crippen LogP contribution in [0.4, 0.5) is 0 Å². The largest absolute Gasteiger partial charge is 0.391 e. The highest BCUT2D eigenvalue weighted by atomic mass is 16.3. The van der Waals surface area contributed by atoms with Crippen molar-refractivity contribution in [1.29, 1.82) is 0 Å². The third-order valence-corrected chi connectivity index (χ3v) is 4.01. The molecule has 0 spiro atoms. The normalized spacial score (nSPS) is 21.6. The van der Waals surface area contributed by atoms with Gasteiger partial charge in [0.15, 0.2) is 5.65 Å². The first-order valence-electron chi connectivity index (χ1n) is 7.56. The van der Waals surface area contributed by atoms with E-state index in [0.29, 0.717) is 18.7 Å². The Hall–Kier alpha value is -1.99. The van der Waals surface area contributed by atoms with Crippen molar-refractivity contribution < 1.29 is 9.90 Å². The number of amides is 1. The summed E-state index contributed by atoms with van der Waals surface area (Å²) in [7, 11) is 0. The topological polar surface area (TPSA) is 92.1 Å². The van der Waals surface area contributed by atoms with Gasteiger partial charge in [-0.1, -0.05) is 0 Å². The number of β-amino-alcohol motifs (C(OH)–C–C–N with tert-alkyl or cyclic N) is 1. The van der Waals surface area contributed by atoms with Crippen LogP contribution in [0.3, 0.4) is 0 Å². The minimum absolute atomic E-state index is 0.0596. The molecule has 2 unspecified atom stereocenters.